The van der Waals surface area contributed by atoms with E-state index in [0.717, 1.165) is 4.47 Å². The zero-order chi connectivity index (χ0) is 13.0. The van der Waals surface area contributed by atoms with Crippen molar-refractivity contribution < 1.29 is 14.1 Å². The van der Waals surface area contributed by atoms with E-state index in [1.807, 2.05) is 0 Å². The maximum atomic E-state index is 12.0. The first kappa shape index (κ1) is 12.6. The van der Waals surface area contributed by atoms with Gasteiger partial charge in [0, 0.05) is 10.5 Å². The average Bonchev–Trinajstić information content (AvgIpc) is 2.88. The van der Waals surface area contributed by atoms with Crippen LogP contribution in [0.3, 0.4) is 0 Å². The van der Waals surface area contributed by atoms with Crippen molar-refractivity contribution in [3.8, 4) is 5.75 Å². The molecule has 1 amide bonds. The topological polar surface area (TPSA) is 64.4 Å². The quantitative estimate of drug-likeness (QED) is 0.941. The van der Waals surface area contributed by atoms with Crippen molar-refractivity contribution in [3.63, 3.8) is 0 Å². The molecule has 0 spiro atoms. The summed E-state index contributed by atoms with van der Waals surface area (Å²) in [6.45, 7) is 0.290. The Hall–Kier alpha value is -1.82. The summed E-state index contributed by atoms with van der Waals surface area (Å²) in [5.41, 5.74) is 0.472. The zero-order valence-electron chi connectivity index (χ0n) is 9.64. The Bertz CT molecular complexity index is 540. The van der Waals surface area contributed by atoms with Crippen LogP contribution >= 0.6 is 15.9 Å². The predicted molar refractivity (Wildman–Crippen MR) is 68.4 cm³/mol. The fraction of sp³-hybridized carbons (Fsp3) is 0.167. The van der Waals surface area contributed by atoms with Crippen LogP contribution in [0, 0.1) is 0 Å². The Kier molecular flexibility index (Phi) is 3.99. The number of nitrogens with zero attached hydrogens (tertiary/aromatic N) is 1. The van der Waals surface area contributed by atoms with Crippen LogP contribution in [0.25, 0.3) is 0 Å². The number of ether oxygens (including phenoxy) is 1. The second kappa shape index (κ2) is 5.68. The lowest BCUT2D eigenvalue weighted by atomic mass is 10.2. The van der Waals surface area contributed by atoms with Crippen molar-refractivity contribution in [3.05, 3.63) is 46.3 Å². The van der Waals surface area contributed by atoms with Crippen LogP contribution in [0.2, 0.25) is 0 Å². The maximum absolute atomic E-state index is 12.0. The number of benzene rings is 1. The van der Waals surface area contributed by atoms with E-state index >= 15 is 0 Å². The lowest BCUT2D eigenvalue weighted by Gasteiger charge is -2.08. The van der Waals surface area contributed by atoms with Crippen LogP contribution in [0.1, 0.15) is 16.1 Å². The first-order valence-corrected chi connectivity index (χ1v) is 6.01. The largest absolute Gasteiger partial charge is 0.496 e. The molecule has 0 radical (unpaired) electrons. The molecule has 5 nitrogen and oxygen atoms in total. The molecule has 0 aliphatic heterocycles. The van der Waals surface area contributed by atoms with Crippen LogP contribution < -0.4 is 10.1 Å². The van der Waals surface area contributed by atoms with Gasteiger partial charge in [-0.2, -0.15) is 0 Å². The molecule has 0 unspecified atom stereocenters. The minimum atomic E-state index is -0.226. The Morgan fingerprint density at radius 1 is 1.50 bits per heavy atom. The van der Waals surface area contributed by atoms with Crippen LogP contribution in [-0.4, -0.2) is 18.2 Å². The molecule has 0 saturated carbocycles. The highest BCUT2D eigenvalue weighted by Crippen LogP contribution is 2.23. The number of nitrogens with one attached hydrogen (secondary N) is 1. The number of carbonyl (C=O) groups excluding carboxylic acids is 1. The second-order valence-electron chi connectivity index (χ2n) is 3.51. The molecule has 0 bridgehead atoms. The van der Waals surface area contributed by atoms with Crippen LogP contribution in [0.5, 0.6) is 5.75 Å². The first-order chi connectivity index (χ1) is 8.70. The van der Waals surface area contributed by atoms with Crippen LogP contribution in [0.4, 0.5) is 0 Å². The van der Waals surface area contributed by atoms with Crippen LogP contribution in [-0.2, 0) is 6.54 Å². The number of methoxy groups -OCH3 is 1. The van der Waals surface area contributed by atoms with Gasteiger partial charge in [-0.25, -0.2) is 0 Å². The summed E-state index contributed by atoms with van der Waals surface area (Å²) < 4.78 is 10.9. The average molecular weight is 311 g/mol. The van der Waals surface area contributed by atoms with Crippen molar-refractivity contribution in [2.24, 2.45) is 0 Å². The summed E-state index contributed by atoms with van der Waals surface area (Å²) in [7, 11) is 1.52. The lowest BCUT2D eigenvalue weighted by molar-refractivity contribution is 0.0944. The number of halogens is 1. The van der Waals surface area contributed by atoms with Gasteiger partial charge in [0.15, 0.2) is 5.76 Å². The molecular formula is C12H11BrN2O3. The van der Waals surface area contributed by atoms with Gasteiger partial charge >= 0.3 is 0 Å². The number of hydrogen-bond donors (Lipinski definition) is 1. The van der Waals surface area contributed by atoms with E-state index < -0.39 is 0 Å². The summed E-state index contributed by atoms with van der Waals surface area (Å²) in [6.07, 6.45) is 1.53. The fourth-order valence-electron chi connectivity index (χ4n) is 1.45. The van der Waals surface area contributed by atoms with E-state index in [1.54, 1.807) is 24.3 Å². The van der Waals surface area contributed by atoms with Gasteiger partial charge in [-0.15, -0.1) is 0 Å². The number of aromatic nitrogens is 1. The number of carbonyl (C=O) groups is 1. The highest BCUT2D eigenvalue weighted by Gasteiger charge is 2.12. The molecule has 0 fully saturated rings. The van der Waals surface area contributed by atoms with Crippen molar-refractivity contribution in [1.29, 1.82) is 0 Å². The van der Waals surface area contributed by atoms with Gasteiger partial charge in [0.1, 0.15) is 5.75 Å². The summed E-state index contributed by atoms with van der Waals surface area (Å²) in [6, 6.07) is 6.91. The molecule has 2 rings (SSSR count). The van der Waals surface area contributed by atoms with Crippen molar-refractivity contribution in [2.45, 2.75) is 6.54 Å². The molecule has 1 heterocycles. The molecule has 0 aliphatic carbocycles. The highest BCUT2D eigenvalue weighted by atomic mass is 79.9. The Balaban J connectivity index is 2.09. The van der Waals surface area contributed by atoms with Crippen molar-refractivity contribution >= 4 is 21.8 Å². The molecule has 2 aromatic rings. The monoisotopic (exact) mass is 310 g/mol. The number of amides is 1. The smallest absolute Gasteiger partial charge is 0.255 e. The molecule has 6 heteroatoms. The number of rotatable bonds is 4. The van der Waals surface area contributed by atoms with Gasteiger partial charge in [0.25, 0.3) is 5.91 Å². The van der Waals surface area contributed by atoms with E-state index in [9.17, 15) is 4.79 Å². The standard InChI is InChI=1S/C12H11BrN2O3/c1-17-11-6-8(13)2-3-10(11)12(16)14-7-9-4-5-15-18-9/h2-6H,7H2,1H3,(H,14,16). The molecule has 18 heavy (non-hydrogen) atoms. The van der Waals surface area contributed by atoms with E-state index in [0.29, 0.717) is 17.1 Å². The van der Waals surface area contributed by atoms with E-state index in [-0.39, 0.29) is 12.5 Å². The van der Waals surface area contributed by atoms with Gasteiger partial charge in [-0.05, 0) is 18.2 Å². The van der Waals surface area contributed by atoms with Gasteiger partial charge < -0.3 is 14.6 Å². The Morgan fingerprint density at radius 2 is 2.33 bits per heavy atom. The number of hydrogen-bond acceptors (Lipinski definition) is 4. The van der Waals surface area contributed by atoms with Gasteiger partial charge in [0.05, 0.1) is 25.4 Å². The van der Waals surface area contributed by atoms with Gasteiger partial charge in [-0.3, -0.25) is 4.79 Å². The Morgan fingerprint density at radius 3 is 3.00 bits per heavy atom. The maximum Gasteiger partial charge on any atom is 0.255 e. The first-order valence-electron chi connectivity index (χ1n) is 5.22. The summed E-state index contributed by atoms with van der Waals surface area (Å²) >= 11 is 3.32. The normalized spacial score (nSPS) is 10.1. The third kappa shape index (κ3) is 2.89. The second-order valence-corrected chi connectivity index (χ2v) is 4.42. The van der Waals surface area contributed by atoms with Gasteiger partial charge in [0.2, 0.25) is 0 Å². The van der Waals surface area contributed by atoms with Crippen LogP contribution in [0.15, 0.2) is 39.5 Å². The predicted octanol–water partition coefficient (Wildman–Crippen LogP) is 2.38. The molecule has 0 saturated heterocycles. The molecule has 1 aromatic heterocycles. The van der Waals surface area contributed by atoms with Crippen molar-refractivity contribution in [2.75, 3.05) is 7.11 Å². The minimum Gasteiger partial charge on any atom is -0.496 e. The summed E-state index contributed by atoms with van der Waals surface area (Å²) in [4.78, 5) is 12.0. The molecule has 0 aliphatic rings. The summed E-state index contributed by atoms with van der Waals surface area (Å²) in [5, 5.41) is 6.29. The third-order valence-electron chi connectivity index (χ3n) is 2.32. The minimum absolute atomic E-state index is 0.226. The third-order valence-corrected chi connectivity index (χ3v) is 2.82. The highest BCUT2D eigenvalue weighted by molar-refractivity contribution is 9.10. The fourth-order valence-corrected chi connectivity index (χ4v) is 1.79. The van der Waals surface area contributed by atoms with Gasteiger partial charge in [-0.1, -0.05) is 21.1 Å². The van der Waals surface area contributed by atoms with E-state index in [2.05, 4.69) is 26.4 Å². The van der Waals surface area contributed by atoms with E-state index in [1.165, 1.54) is 13.3 Å². The molecular weight excluding hydrogens is 300 g/mol. The molecule has 1 N–H and O–H groups in total. The zero-order valence-corrected chi connectivity index (χ0v) is 11.2. The summed E-state index contributed by atoms with van der Waals surface area (Å²) in [5.74, 6) is 0.884. The Labute approximate surface area is 112 Å². The molecule has 94 valence electrons. The molecule has 0 atom stereocenters. The lowest BCUT2D eigenvalue weighted by Crippen LogP contribution is -2.23. The molecule has 1 aromatic carbocycles. The SMILES string of the molecule is COc1cc(Br)ccc1C(=O)NCc1ccno1. The van der Waals surface area contributed by atoms with E-state index in [4.69, 9.17) is 9.26 Å². The van der Waals surface area contributed by atoms with Crippen molar-refractivity contribution in [1.82, 2.24) is 10.5 Å².